The van der Waals surface area contributed by atoms with Crippen LogP contribution in [0.15, 0.2) is 34.7 Å². The van der Waals surface area contributed by atoms with Crippen molar-refractivity contribution in [3.05, 3.63) is 58.5 Å². The summed E-state index contributed by atoms with van der Waals surface area (Å²) in [4.78, 5) is 14.4. The van der Waals surface area contributed by atoms with E-state index in [9.17, 15) is 4.79 Å². The van der Waals surface area contributed by atoms with Gasteiger partial charge in [-0.05, 0) is 49.2 Å². The van der Waals surface area contributed by atoms with Crippen molar-refractivity contribution in [2.75, 3.05) is 13.6 Å². The highest BCUT2D eigenvalue weighted by Crippen LogP contribution is 2.20. The van der Waals surface area contributed by atoms with Crippen LogP contribution in [0.5, 0.6) is 0 Å². The highest BCUT2D eigenvalue weighted by molar-refractivity contribution is 5.96. The van der Waals surface area contributed by atoms with Gasteiger partial charge in [-0.2, -0.15) is 0 Å². The van der Waals surface area contributed by atoms with Crippen molar-refractivity contribution >= 4 is 5.91 Å². The van der Waals surface area contributed by atoms with E-state index in [0.29, 0.717) is 6.54 Å². The average molecular weight is 284 g/mol. The molecule has 0 atom stereocenters. The van der Waals surface area contributed by atoms with Gasteiger partial charge in [0.2, 0.25) is 0 Å². The standard InChI is InChI=1S/C17H20N2O2/c1-12-6-7-14(21-12)11-19(2)17(20)16-5-3-4-13-10-18-9-8-15(13)16/h3-7,18H,8-11H2,1-2H3. The van der Waals surface area contributed by atoms with Crippen molar-refractivity contribution in [3.63, 3.8) is 0 Å². The SMILES string of the molecule is Cc1ccc(CN(C)C(=O)c2cccc3c2CCNC3)o1. The summed E-state index contributed by atoms with van der Waals surface area (Å²) in [5.74, 6) is 1.74. The third-order valence-corrected chi connectivity index (χ3v) is 3.91. The molecule has 0 saturated heterocycles. The number of aryl methyl sites for hydroxylation is 1. The second-order valence-corrected chi connectivity index (χ2v) is 5.54. The lowest BCUT2D eigenvalue weighted by Gasteiger charge is -2.23. The Morgan fingerprint density at radius 3 is 2.95 bits per heavy atom. The van der Waals surface area contributed by atoms with Crippen LogP contribution in [-0.4, -0.2) is 24.4 Å². The molecule has 110 valence electrons. The summed E-state index contributed by atoms with van der Waals surface area (Å²) in [6, 6.07) is 9.82. The molecule has 0 radical (unpaired) electrons. The molecule has 0 spiro atoms. The topological polar surface area (TPSA) is 45.5 Å². The number of nitrogens with one attached hydrogen (secondary N) is 1. The van der Waals surface area contributed by atoms with Gasteiger partial charge < -0.3 is 14.6 Å². The summed E-state index contributed by atoms with van der Waals surface area (Å²) in [7, 11) is 1.82. The van der Waals surface area contributed by atoms with Crippen LogP contribution in [0.3, 0.4) is 0 Å². The zero-order valence-electron chi connectivity index (χ0n) is 12.5. The van der Waals surface area contributed by atoms with E-state index < -0.39 is 0 Å². The summed E-state index contributed by atoms with van der Waals surface area (Å²) in [5, 5.41) is 3.34. The molecule has 1 aromatic carbocycles. The molecule has 1 N–H and O–H groups in total. The largest absolute Gasteiger partial charge is 0.464 e. The molecule has 0 bridgehead atoms. The van der Waals surface area contributed by atoms with Crippen molar-refractivity contribution in [2.24, 2.45) is 0 Å². The number of hydrogen-bond donors (Lipinski definition) is 1. The molecule has 0 fully saturated rings. The van der Waals surface area contributed by atoms with Crippen LogP contribution in [0.2, 0.25) is 0 Å². The number of benzene rings is 1. The second kappa shape index (κ2) is 5.74. The molecule has 4 nitrogen and oxygen atoms in total. The first-order valence-electron chi connectivity index (χ1n) is 7.27. The van der Waals surface area contributed by atoms with Crippen LogP contribution in [-0.2, 0) is 19.5 Å². The molecule has 1 aromatic heterocycles. The Morgan fingerprint density at radius 2 is 2.19 bits per heavy atom. The van der Waals surface area contributed by atoms with Gasteiger partial charge in [0.15, 0.2) is 0 Å². The third-order valence-electron chi connectivity index (χ3n) is 3.91. The third kappa shape index (κ3) is 2.85. The van der Waals surface area contributed by atoms with Gasteiger partial charge in [-0.25, -0.2) is 0 Å². The summed E-state index contributed by atoms with van der Waals surface area (Å²) in [6.07, 6.45) is 0.908. The lowest BCUT2D eigenvalue weighted by atomic mass is 9.95. The van der Waals surface area contributed by atoms with E-state index in [1.807, 2.05) is 38.2 Å². The minimum atomic E-state index is 0.0582. The average Bonchev–Trinajstić information content (AvgIpc) is 2.91. The van der Waals surface area contributed by atoms with Gasteiger partial charge in [-0.3, -0.25) is 4.79 Å². The first kappa shape index (κ1) is 13.9. The van der Waals surface area contributed by atoms with E-state index >= 15 is 0 Å². The molecule has 0 saturated carbocycles. The Labute approximate surface area is 124 Å². The molecule has 1 amide bonds. The van der Waals surface area contributed by atoms with Crippen LogP contribution in [0.25, 0.3) is 0 Å². The number of furan rings is 1. The molecule has 1 aliphatic heterocycles. The Kier molecular flexibility index (Phi) is 3.80. The number of carbonyl (C=O) groups is 1. The lowest BCUT2D eigenvalue weighted by Crippen LogP contribution is -2.30. The van der Waals surface area contributed by atoms with Gasteiger partial charge in [0.05, 0.1) is 6.54 Å². The fraction of sp³-hybridized carbons (Fsp3) is 0.353. The number of hydrogen-bond acceptors (Lipinski definition) is 3. The van der Waals surface area contributed by atoms with E-state index in [1.54, 1.807) is 4.90 Å². The maximum Gasteiger partial charge on any atom is 0.254 e. The summed E-state index contributed by atoms with van der Waals surface area (Å²) >= 11 is 0. The van der Waals surface area contributed by atoms with Gasteiger partial charge in [-0.1, -0.05) is 12.1 Å². The number of nitrogens with zero attached hydrogens (tertiary/aromatic N) is 1. The fourth-order valence-corrected chi connectivity index (χ4v) is 2.81. The van der Waals surface area contributed by atoms with Gasteiger partial charge in [0, 0.05) is 19.2 Å². The van der Waals surface area contributed by atoms with Crippen LogP contribution >= 0.6 is 0 Å². The Bertz CT molecular complexity index is 661. The first-order valence-corrected chi connectivity index (χ1v) is 7.27. The minimum absolute atomic E-state index is 0.0582. The van der Waals surface area contributed by atoms with E-state index in [-0.39, 0.29) is 5.91 Å². The van der Waals surface area contributed by atoms with Crippen molar-refractivity contribution < 1.29 is 9.21 Å². The van der Waals surface area contributed by atoms with Crippen LogP contribution in [0.1, 0.15) is 33.0 Å². The number of rotatable bonds is 3. The predicted octanol–water partition coefficient (Wildman–Crippen LogP) is 2.51. The number of amides is 1. The molecule has 1 aliphatic rings. The van der Waals surface area contributed by atoms with Crippen molar-refractivity contribution in [1.82, 2.24) is 10.2 Å². The van der Waals surface area contributed by atoms with E-state index in [2.05, 4.69) is 11.4 Å². The normalized spacial score (nSPS) is 13.8. The van der Waals surface area contributed by atoms with Gasteiger partial charge in [0.1, 0.15) is 11.5 Å². The van der Waals surface area contributed by atoms with Crippen LogP contribution in [0.4, 0.5) is 0 Å². The molecule has 21 heavy (non-hydrogen) atoms. The van der Waals surface area contributed by atoms with Gasteiger partial charge in [0.25, 0.3) is 5.91 Å². The van der Waals surface area contributed by atoms with Crippen molar-refractivity contribution in [1.29, 1.82) is 0 Å². The molecule has 0 unspecified atom stereocenters. The fourth-order valence-electron chi connectivity index (χ4n) is 2.81. The predicted molar refractivity (Wildman–Crippen MR) is 81.1 cm³/mol. The molecular formula is C17H20N2O2. The van der Waals surface area contributed by atoms with E-state index in [0.717, 1.165) is 36.6 Å². The highest BCUT2D eigenvalue weighted by atomic mass is 16.3. The van der Waals surface area contributed by atoms with Gasteiger partial charge >= 0.3 is 0 Å². The molecule has 3 rings (SSSR count). The molecule has 0 aliphatic carbocycles. The molecule has 2 aromatic rings. The zero-order valence-corrected chi connectivity index (χ0v) is 12.5. The summed E-state index contributed by atoms with van der Waals surface area (Å²) in [5.41, 5.74) is 3.23. The van der Waals surface area contributed by atoms with Crippen LogP contribution in [0, 0.1) is 6.92 Å². The molecule has 4 heteroatoms. The second-order valence-electron chi connectivity index (χ2n) is 5.54. The van der Waals surface area contributed by atoms with Crippen molar-refractivity contribution in [3.8, 4) is 0 Å². The van der Waals surface area contributed by atoms with E-state index in [1.165, 1.54) is 11.1 Å². The Morgan fingerprint density at radius 1 is 1.33 bits per heavy atom. The Balaban J connectivity index is 1.81. The molecule has 2 heterocycles. The number of fused-ring (bicyclic) bond motifs is 1. The lowest BCUT2D eigenvalue weighted by molar-refractivity contribution is 0.0773. The quantitative estimate of drug-likeness (QED) is 0.942. The monoisotopic (exact) mass is 284 g/mol. The summed E-state index contributed by atoms with van der Waals surface area (Å²) in [6.45, 7) is 4.18. The zero-order chi connectivity index (χ0) is 14.8. The van der Waals surface area contributed by atoms with E-state index in [4.69, 9.17) is 4.42 Å². The smallest absolute Gasteiger partial charge is 0.254 e. The maximum atomic E-state index is 12.7. The molecular weight excluding hydrogens is 264 g/mol. The summed E-state index contributed by atoms with van der Waals surface area (Å²) < 4.78 is 5.55. The first-order chi connectivity index (χ1) is 10.1. The highest BCUT2D eigenvalue weighted by Gasteiger charge is 2.20. The van der Waals surface area contributed by atoms with Crippen molar-refractivity contribution in [2.45, 2.75) is 26.4 Å². The minimum Gasteiger partial charge on any atom is -0.464 e. The maximum absolute atomic E-state index is 12.7. The van der Waals surface area contributed by atoms with Crippen LogP contribution < -0.4 is 5.32 Å². The Hall–Kier alpha value is -2.07. The number of carbonyl (C=O) groups excluding carboxylic acids is 1. The van der Waals surface area contributed by atoms with Gasteiger partial charge in [-0.15, -0.1) is 0 Å².